The maximum absolute atomic E-state index is 2.96. The van der Waals surface area contributed by atoms with E-state index in [2.05, 4.69) is 21.1 Å². The number of nitrogens with one attached hydrogen (secondary N) is 1. The Hall–Kier alpha value is 0.390. The molecular weight excluding hydrogens is 93.0 g/mol. The first-order valence-corrected chi connectivity index (χ1v) is 2.57. The fraction of sp³-hybridized carbons (Fsp3) is 0.500. The monoisotopic (exact) mass is 100 g/mol. The Balaban J connectivity index is 2.18. The number of hydrogen-bond donors (Lipinski definition) is 1. The van der Waals surface area contributed by atoms with Crippen molar-refractivity contribution in [1.82, 2.24) is 5.32 Å². The van der Waals surface area contributed by atoms with Gasteiger partial charge in [-0.25, -0.2) is 0 Å². The second kappa shape index (κ2) is 1.90. The van der Waals surface area contributed by atoms with Crippen LogP contribution in [0, 0.1) is 12.2 Å². The van der Waals surface area contributed by atoms with Crippen LogP contribution in [0.4, 0.5) is 0 Å². The Morgan fingerprint density at radius 2 is 2.67 bits per heavy atom. The molecule has 1 nitrogen and oxygen atoms in total. The molecule has 1 fully saturated rings. The van der Waals surface area contributed by atoms with Crippen LogP contribution in [0.2, 0.25) is 0 Å². The standard InChI is InChI=1S/C4H7NP/c6-4-1-2-5-3-4/h5H,1-2,6H2/q-1. The lowest BCUT2D eigenvalue weighted by molar-refractivity contribution is 0.911. The summed E-state index contributed by atoms with van der Waals surface area (Å²) in [4.78, 5) is 0. The van der Waals surface area contributed by atoms with Crippen LogP contribution in [-0.4, -0.2) is 6.54 Å². The third-order valence-corrected chi connectivity index (χ3v) is 1.20. The van der Waals surface area contributed by atoms with Crippen LogP contribution in [-0.2, 0) is 0 Å². The maximum atomic E-state index is 2.96. The van der Waals surface area contributed by atoms with Crippen LogP contribution in [0.1, 0.15) is 6.42 Å². The Morgan fingerprint density at radius 3 is 2.83 bits per heavy atom. The fourth-order valence-corrected chi connectivity index (χ4v) is 0.682. The first kappa shape index (κ1) is 4.55. The van der Waals surface area contributed by atoms with E-state index in [1.54, 1.807) is 0 Å². The minimum absolute atomic E-state index is 1.07. The van der Waals surface area contributed by atoms with Crippen molar-refractivity contribution in [3.8, 4) is 0 Å². The van der Waals surface area contributed by atoms with Gasteiger partial charge >= 0.3 is 0 Å². The quantitative estimate of drug-likeness (QED) is 0.343. The zero-order valence-electron chi connectivity index (χ0n) is 3.49. The van der Waals surface area contributed by atoms with Crippen molar-refractivity contribution in [3.05, 3.63) is 12.2 Å². The zero-order valence-corrected chi connectivity index (χ0v) is 4.65. The number of hydrogen-bond acceptors (Lipinski definition) is 1. The highest BCUT2D eigenvalue weighted by Gasteiger charge is 1.92. The first-order valence-electron chi connectivity index (χ1n) is 2.00. The molecule has 34 valence electrons. The van der Waals surface area contributed by atoms with Gasteiger partial charge in [0.15, 0.2) is 0 Å². The fourth-order valence-electron chi connectivity index (χ4n) is 0.436. The van der Waals surface area contributed by atoms with E-state index in [0.717, 1.165) is 13.0 Å². The van der Waals surface area contributed by atoms with Gasteiger partial charge in [0.05, 0.1) is 0 Å². The van der Waals surface area contributed by atoms with Gasteiger partial charge < -0.3 is 5.32 Å². The summed E-state index contributed by atoms with van der Waals surface area (Å²) in [5.74, 6) is 0. The second-order valence-electron chi connectivity index (χ2n) is 1.33. The molecule has 1 rings (SSSR count). The van der Waals surface area contributed by atoms with E-state index in [9.17, 15) is 0 Å². The van der Waals surface area contributed by atoms with Gasteiger partial charge in [-0.3, -0.25) is 14.9 Å². The van der Waals surface area contributed by atoms with Gasteiger partial charge in [0.1, 0.15) is 0 Å². The van der Waals surface area contributed by atoms with E-state index in [4.69, 9.17) is 0 Å². The first-order chi connectivity index (χ1) is 2.89. The Labute approximate surface area is 40.7 Å². The summed E-state index contributed by atoms with van der Waals surface area (Å²) in [5.41, 5.74) is 1.26. The normalized spacial score (nSPS) is 25.5. The van der Waals surface area contributed by atoms with E-state index in [1.807, 2.05) is 0 Å². The Kier molecular flexibility index (Phi) is 1.44. The molecule has 0 aromatic carbocycles. The maximum Gasteiger partial charge on any atom is -0.0337 e. The molecule has 0 aromatic heterocycles. The highest BCUT2D eigenvalue weighted by atomic mass is 31.0. The molecule has 1 atom stereocenters. The largest absolute Gasteiger partial charge is 0.344 e. The SMILES string of the molecule is P[C-]1[C]NCC1. The Morgan fingerprint density at radius 1 is 1.83 bits per heavy atom. The molecule has 0 saturated carbocycles. The van der Waals surface area contributed by atoms with Crippen LogP contribution in [0.3, 0.4) is 0 Å². The predicted octanol–water partition coefficient (Wildman–Crippen LogP) is 0.426. The van der Waals surface area contributed by atoms with Crippen LogP contribution in [0.5, 0.6) is 0 Å². The Bertz CT molecular complexity index is 40.8. The van der Waals surface area contributed by atoms with Crippen LogP contribution >= 0.6 is 9.24 Å². The molecule has 1 heterocycles. The zero-order chi connectivity index (χ0) is 4.41. The molecule has 0 aromatic rings. The smallest absolute Gasteiger partial charge is 0.0337 e. The van der Waals surface area contributed by atoms with Crippen molar-refractivity contribution >= 4 is 9.24 Å². The summed E-state index contributed by atoms with van der Waals surface area (Å²) in [6.07, 6.45) is 1.14. The van der Waals surface area contributed by atoms with E-state index >= 15 is 0 Å². The van der Waals surface area contributed by atoms with Gasteiger partial charge in [0, 0.05) is 0 Å². The van der Waals surface area contributed by atoms with Gasteiger partial charge in [-0.15, -0.1) is 6.54 Å². The van der Waals surface area contributed by atoms with Gasteiger partial charge in [-0.05, 0) is 6.54 Å². The number of rotatable bonds is 0. The van der Waals surface area contributed by atoms with Crippen molar-refractivity contribution < 1.29 is 0 Å². The lowest BCUT2D eigenvalue weighted by Crippen LogP contribution is -1.98. The molecule has 0 amide bonds. The lowest BCUT2D eigenvalue weighted by Gasteiger charge is -2.08. The van der Waals surface area contributed by atoms with Crippen molar-refractivity contribution in [3.63, 3.8) is 0 Å². The van der Waals surface area contributed by atoms with Crippen LogP contribution in [0.15, 0.2) is 0 Å². The molecule has 1 saturated heterocycles. The summed E-state index contributed by atoms with van der Waals surface area (Å²) in [6, 6.07) is 0. The molecule has 1 aliphatic heterocycles. The average Bonchev–Trinajstić information content (AvgIpc) is 1.86. The summed E-state index contributed by atoms with van der Waals surface area (Å²) in [7, 11) is 2.62. The minimum Gasteiger partial charge on any atom is -0.344 e. The predicted molar refractivity (Wildman–Crippen MR) is 28.8 cm³/mol. The average molecular weight is 100 g/mol. The molecule has 2 heteroatoms. The molecule has 1 aliphatic rings. The van der Waals surface area contributed by atoms with Crippen LogP contribution in [0.25, 0.3) is 0 Å². The summed E-state index contributed by atoms with van der Waals surface area (Å²) in [5, 5.41) is 2.96. The highest BCUT2D eigenvalue weighted by Crippen LogP contribution is 2.20. The van der Waals surface area contributed by atoms with Crippen molar-refractivity contribution in [2.45, 2.75) is 6.42 Å². The topological polar surface area (TPSA) is 12.0 Å². The van der Waals surface area contributed by atoms with Gasteiger partial charge in [0.25, 0.3) is 0 Å². The van der Waals surface area contributed by atoms with Crippen molar-refractivity contribution in [2.75, 3.05) is 6.54 Å². The third-order valence-electron chi connectivity index (χ3n) is 0.768. The third kappa shape index (κ3) is 0.924. The summed E-state index contributed by atoms with van der Waals surface area (Å²) in [6.45, 7) is 4.02. The summed E-state index contributed by atoms with van der Waals surface area (Å²) < 4.78 is 0. The second-order valence-corrected chi connectivity index (χ2v) is 2.02. The molecule has 0 spiro atoms. The molecule has 1 N–H and O–H groups in total. The van der Waals surface area contributed by atoms with E-state index in [-0.39, 0.29) is 0 Å². The minimum atomic E-state index is 1.07. The molecule has 0 aliphatic carbocycles. The van der Waals surface area contributed by atoms with Gasteiger partial charge in [0.2, 0.25) is 0 Å². The van der Waals surface area contributed by atoms with Crippen LogP contribution < -0.4 is 5.32 Å². The molecular formula is C4H7NP-. The van der Waals surface area contributed by atoms with Gasteiger partial charge in [-0.1, -0.05) is 0 Å². The van der Waals surface area contributed by atoms with E-state index in [0.29, 0.717) is 0 Å². The molecule has 0 bridgehead atoms. The van der Waals surface area contributed by atoms with E-state index < -0.39 is 0 Å². The van der Waals surface area contributed by atoms with Gasteiger partial charge in [-0.2, -0.15) is 6.42 Å². The van der Waals surface area contributed by atoms with E-state index in [1.165, 1.54) is 5.66 Å². The van der Waals surface area contributed by atoms with Crippen molar-refractivity contribution in [1.29, 1.82) is 0 Å². The lowest BCUT2D eigenvalue weighted by atomic mass is 10.4. The highest BCUT2D eigenvalue weighted by molar-refractivity contribution is 7.21. The molecule has 2 radical (unpaired) electrons. The summed E-state index contributed by atoms with van der Waals surface area (Å²) >= 11 is 0. The van der Waals surface area contributed by atoms with Crippen molar-refractivity contribution in [2.24, 2.45) is 0 Å². The molecule has 1 unspecified atom stereocenters. The molecule has 6 heavy (non-hydrogen) atoms.